The summed E-state index contributed by atoms with van der Waals surface area (Å²) < 4.78 is 0. The van der Waals surface area contributed by atoms with Gasteiger partial charge in [-0.2, -0.15) is 0 Å². The van der Waals surface area contributed by atoms with Crippen molar-refractivity contribution in [1.29, 1.82) is 0 Å². The van der Waals surface area contributed by atoms with Crippen LogP contribution in [-0.4, -0.2) is 26.5 Å². The normalized spacial score (nSPS) is 10.3. The van der Waals surface area contributed by atoms with E-state index in [-0.39, 0.29) is 5.91 Å². The van der Waals surface area contributed by atoms with Gasteiger partial charge in [0.25, 0.3) is 0 Å². The minimum Gasteiger partial charge on any atom is -0.384 e. The van der Waals surface area contributed by atoms with Crippen LogP contribution in [0.15, 0.2) is 42.5 Å². The number of nitrogens with one attached hydrogen (secondary N) is 2. The zero-order valence-electron chi connectivity index (χ0n) is 13.7. The lowest BCUT2D eigenvalue weighted by atomic mass is 10.2. The number of halogens is 1. The summed E-state index contributed by atoms with van der Waals surface area (Å²) in [5.41, 5.74) is 3.97. The highest BCUT2D eigenvalue weighted by molar-refractivity contribution is 6.30. The van der Waals surface area contributed by atoms with E-state index in [9.17, 15) is 4.79 Å². The first-order valence-electron chi connectivity index (χ1n) is 7.53. The minimum absolute atomic E-state index is 0.0123. The zero-order valence-corrected chi connectivity index (χ0v) is 14.4. The molecule has 0 saturated carbocycles. The topological polar surface area (TPSA) is 44.4 Å². The molecule has 4 nitrogen and oxygen atoms in total. The summed E-state index contributed by atoms with van der Waals surface area (Å²) >= 11 is 5.93. The fraction of sp³-hybridized carbons (Fsp3) is 0.278. The third kappa shape index (κ3) is 5.18. The second-order valence-electron chi connectivity index (χ2n) is 5.63. The number of rotatable bonds is 6. The molecule has 1 amide bonds. The van der Waals surface area contributed by atoms with Gasteiger partial charge in [-0.1, -0.05) is 11.6 Å². The van der Waals surface area contributed by atoms with Crippen LogP contribution in [0.2, 0.25) is 5.02 Å². The van der Waals surface area contributed by atoms with Crippen molar-refractivity contribution in [3.8, 4) is 0 Å². The van der Waals surface area contributed by atoms with Gasteiger partial charge in [0, 0.05) is 49.1 Å². The van der Waals surface area contributed by atoms with Crippen molar-refractivity contribution in [3.05, 3.63) is 53.1 Å². The van der Waals surface area contributed by atoms with E-state index in [0.717, 1.165) is 22.6 Å². The first-order valence-corrected chi connectivity index (χ1v) is 7.91. The molecule has 2 aromatic rings. The third-order valence-corrected chi connectivity index (χ3v) is 3.76. The van der Waals surface area contributed by atoms with Crippen molar-refractivity contribution in [3.63, 3.8) is 0 Å². The molecule has 0 aliphatic rings. The third-order valence-electron chi connectivity index (χ3n) is 3.52. The first-order chi connectivity index (χ1) is 11.0. The SMILES string of the molecule is Cc1cc(Cl)ccc1NCCC(=O)Nc1ccc(N(C)C)cc1. The van der Waals surface area contributed by atoms with Gasteiger partial charge in [-0.25, -0.2) is 0 Å². The molecule has 0 unspecified atom stereocenters. The van der Waals surface area contributed by atoms with Gasteiger partial charge in [0.1, 0.15) is 0 Å². The van der Waals surface area contributed by atoms with Crippen molar-refractivity contribution in [1.82, 2.24) is 0 Å². The lowest BCUT2D eigenvalue weighted by Gasteiger charge is -2.13. The first kappa shape index (κ1) is 17.2. The van der Waals surface area contributed by atoms with Crippen LogP contribution in [0.4, 0.5) is 17.1 Å². The number of benzene rings is 2. The monoisotopic (exact) mass is 331 g/mol. The van der Waals surface area contributed by atoms with Crippen molar-refractivity contribution >= 4 is 34.6 Å². The van der Waals surface area contributed by atoms with Crippen LogP contribution in [0, 0.1) is 6.92 Å². The van der Waals surface area contributed by atoms with Crippen LogP contribution in [0.25, 0.3) is 0 Å². The molecule has 0 aliphatic heterocycles. The van der Waals surface area contributed by atoms with Crippen LogP contribution < -0.4 is 15.5 Å². The molecule has 2 aromatic carbocycles. The summed E-state index contributed by atoms with van der Waals surface area (Å²) in [4.78, 5) is 14.0. The fourth-order valence-corrected chi connectivity index (χ4v) is 2.43. The van der Waals surface area contributed by atoms with E-state index in [0.29, 0.717) is 18.0 Å². The summed E-state index contributed by atoms with van der Waals surface area (Å²) in [6.45, 7) is 2.56. The Morgan fingerprint density at radius 1 is 1.13 bits per heavy atom. The van der Waals surface area contributed by atoms with E-state index in [4.69, 9.17) is 11.6 Å². The van der Waals surface area contributed by atoms with Crippen molar-refractivity contribution in [2.75, 3.05) is 36.2 Å². The molecule has 0 aliphatic carbocycles. The molecule has 0 aromatic heterocycles. The highest BCUT2D eigenvalue weighted by Crippen LogP contribution is 2.19. The van der Waals surface area contributed by atoms with E-state index in [1.54, 1.807) is 0 Å². The van der Waals surface area contributed by atoms with Gasteiger partial charge in [0.05, 0.1) is 0 Å². The summed E-state index contributed by atoms with van der Waals surface area (Å²) in [7, 11) is 3.97. The van der Waals surface area contributed by atoms with Crippen molar-refractivity contribution in [2.24, 2.45) is 0 Å². The van der Waals surface area contributed by atoms with Gasteiger partial charge in [-0.05, 0) is 55.0 Å². The highest BCUT2D eigenvalue weighted by atomic mass is 35.5. The standard InChI is InChI=1S/C18H22ClN3O/c1-13-12-14(19)4-9-17(13)20-11-10-18(23)21-15-5-7-16(8-6-15)22(2)3/h4-9,12,20H,10-11H2,1-3H3,(H,21,23). The Labute approximate surface area is 142 Å². The van der Waals surface area contributed by atoms with Crippen LogP contribution in [-0.2, 0) is 4.79 Å². The number of carbonyl (C=O) groups excluding carboxylic acids is 1. The van der Waals surface area contributed by atoms with Gasteiger partial charge in [0.2, 0.25) is 5.91 Å². The Kier molecular flexibility index (Phi) is 5.88. The van der Waals surface area contributed by atoms with E-state index >= 15 is 0 Å². The number of hydrogen-bond acceptors (Lipinski definition) is 3. The maximum Gasteiger partial charge on any atom is 0.226 e. The molecule has 0 bridgehead atoms. The lowest BCUT2D eigenvalue weighted by Crippen LogP contribution is -2.16. The van der Waals surface area contributed by atoms with E-state index in [1.165, 1.54) is 0 Å². The van der Waals surface area contributed by atoms with E-state index in [2.05, 4.69) is 10.6 Å². The Morgan fingerprint density at radius 3 is 2.43 bits per heavy atom. The Bertz CT molecular complexity index is 668. The van der Waals surface area contributed by atoms with Gasteiger partial charge < -0.3 is 15.5 Å². The maximum absolute atomic E-state index is 12.0. The molecule has 2 N–H and O–H groups in total. The molecule has 0 spiro atoms. The number of carbonyl (C=O) groups is 1. The van der Waals surface area contributed by atoms with Gasteiger partial charge in [-0.3, -0.25) is 4.79 Å². The Balaban J connectivity index is 1.80. The predicted octanol–water partition coefficient (Wildman–Crippen LogP) is 4.16. The molecular formula is C18H22ClN3O. The molecule has 122 valence electrons. The van der Waals surface area contributed by atoms with Crippen LogP contribution >= 0.6 is 11.6 Å². The van der Waals surface area contributed by atoms with Gasteiger partial charge in [-0.15, -0.1) is 0 Å². The smallest absolute Gasteiger partial charge is 0.226 e. The number of amides is 1. The second-order valence-corrected chi connectivity index (χ2v) is 6.06. The second kappa shape index (κ2) is 7.88. The van der Waals surface area contributed by atoms with Crippen LogP contribution in [0.1, 0.15) is 12.0 Å². The lowest BCUT2D eigenvalue weighted by molar-refractivity contribution is -0.115. The quantitative estimate of drug-likeness (QED) is 0.835. The van der Waals surface area contributed by atoms with Crippen molar-refractivity contribution < 1.29 is 4.79 Å². The predicted molar refractivity (Wildman–Crippen MR) is 98.7 cm³/mol. The summed E-state index contributed by atoms with van der Waals surface area (Å²) in [6, 6.07) is 13.4. The van der Waals surface area contributed by atoms with Gasteiger partial charge >= 0.3 is 0 Å². The summed E-state index contributed by atoms with van der Waals surface area (Å²) in [5, 5.41) is 6.87. The van der Waals surface area contributed by atoms with Gasteiger partial charge in [0.15, 0.2) is 0 Å². The molecular weight excluding hydrogens is 310 g/mol. The summed E-state index contributed by atoms with van der Waals surface area (Å²) in [6.07, 6.45) is 0.400. The molecule has 23 heavy (non-hydrogen) atoms. The van der Waals surface area contributed by atoms with Crippen molar-refractivity contribution in [2.45, 2.75) is 13.3 Å². The molecule has 0 saturated heterocycles. The Hall–Kier alpha value is -2.20. The molecule has 5 heteroatoms. The number of nitrogens with zero attached hydrogens (tertiary/aromatic N) is 1. The molecule has 0 atom stereocenters. The average Bonchev–Trinajstić information content (AvgIpc) is 2.50. The number of anilines is 3. The number of hydrogen-bond donors (Lipinski definition) is 2. The highest BCUT2D eigenvalue weighted by Gasteiger charge is 2.04. The largest absolute Gasteiger partial charge is 0.384 e. The zero-order chi connectivity index (χ0) is 16.8. The van der Waals surface area contributed by atoms with E-state index in [1.807, 2.05) is 68.4 Å². The molecule has 0 radical (unpaired) electrons. The fourth-order valence-electron chi connectivity index (χ4n) is 2.20. The Morgan fingerprint density at radius 2 is 1.83 bits per heavy atom. The van der Waals surface area contributed by atoms with Crippen LogP contribution in [0.5, 0.6) is 0 Å². The molecule has 0 heterocycles. The maximum atomic E-state index is 12.0. The van der Waals surface area contributed by atoms with E-state index < -0.39 is 0 Å². The molecule has 0 fully saturated rings. The molecule has 2 rings (SSSR count). The average molecular weight is 332 g/mol. The number of aryl methyl sites for hydroxylation is 1. The summed E-state index contributed by atoms with van der Waals surface area (Å²) in [5.74, 6) is -0.0123. The van der Waals surface area contributed by atoms with Crippen LogP contribution in [0.3, 0.4) is 0 Å². The minimum atomic E-state index is -0.0123.